The Morgan fingerprint density at radius 2 is 1.40 bits per heavy atom. The molecule has 1 N–H and O–H groups in total. The highest BCUT2D eigenvalue weighted by Crippen LogP contribution is 2.21. The van der Waals surface area contributed by atoms with Crippen molar-refractivity contribution in [1.82, 2.24) is 0 Å². The van der Waals surface area contributed by atoms with Crippen LogP contribution in [0.2, 0.25) is 0 Å². The summed E-state index contributed by atoms with van der Waals surface area (Å²) in [7, 11) is -4.39. The van der Waals surface area contributed by atoms with Crippen molar-refractivity contribution in [2.75, 3.05) is 4.72 Å². The zero-order valence-electron chi connectivity index (χ0n) is 9.70. The first-order chi connectivity index (χ1) is 9.28. The Bertz CT molecular complexity index is 742. The molecule has 0 bridgehead atoms. The van der Waals surface area contributed by atoms with Crippen LogP contribution in [0, 0.1) is 23.3 Å². The summed E-state index contributed by atoms with van der Waals surface area (Å²) in [5.41, 5.74) is -0.531. The number of anilines is 1. The van der Waals surface area contributed by atoms with Gasteiger partial charge in [0.2, 0.25) is 0 Å². The maximum Gasteiger partial charge on any atom is 0.262 e. The van der Waals surface area contributed by atoms with Crippen molar-refractivity contribution in [3.05, 3.63) is 59.7 Å². The van der Waals surface area contributed by atoms with Gasteiger partial charge in [-0.15, -0.1) is 0 Å². The minimum absolute atomic E-state index is 0.476. The van der Waals surface area contributed by atoms with Gasteiger partial charge in [-0.25, -0.2) is 26.0 Å². The van der Waals surface area contributed by atoms with E-state index in [9.17, 15) is 26.0 Å². The summed E-state index contributed by atoms with van der Waals surface area (Å²) < 4.78 is 77.4. The number of rotatable bonds is 3. The quantitative estimate of drug-likeness (QED) is 0.886. The fourth-order valence-electron chi connectivity index (χ4n) is 1.46. The zero-order chi connectivity index (χ0) is 14.9. The molecule has 0 saturated carbocycles. The van der Waals surface area contributed by atoms with Crippen molar-refractivity contribution in [2.45, 2.75) is 4.90 Å². The largest absolute Gasteiger partial charge is 0.277 e. The van der Waals surface area contributed by atoms with Crippen LogP contribution in [0.1, 0.15) is 0 Å². The van der Waals surface area contributed by atoms with Gasteiger partial charge in [0, 0.05) is 12.1 Å². The van der Waals surface area contributed by atoms with Crippen LogP contribution in [0.5, 0.6) is 0 Å². The van der Waals surface area contributed by atoms with Crippen molar-refractivity contribution < 1.29 is 26.0 Å². The maximum atomic E-state index is 13.3. The Hall–Kier alpha value is -2.09. The van der Waals surface area contributed by atoms with Crippen LogP contribution >= 0.6 is 0 Å². The number of hydrogen-bond acceptors (Lipinski definition) is 2. The highest BCUT2D eigenvalue weighted by molar-refractivity contribution is 7.92. The Labute approximate surface area is 111 Å². The Balaban J connectivity index is 2.40. The summed E-state index contributed by atoms with van der Waals surface area (Å²) in [5, 5.41) is 0. The SMILES string of the molecule is O=S(=O)(Nc1ccc(F)cc1F)c1cc(F)cc(F)c1. The molecule has 0 heterocycles. The molecule has 0 amide bonds. The molecule has 8 heteroatoms. The van der Waals surface area contributed by atoms with E-state index in [1.807, 2.05) is 0 Å². The lowest BCUT2D eigenvalue weighted by molar-refractivity contribution is 0.568. The van der Waals surface area contributed by atoms with Gasteiger partial charge >= 0.3 is 0 Å². The molecule has 0 aliphatic rings. The molecule has 0 unspecified atom stereocenters. The molecule has 2 rings (SSSR count). The van der Waals surface area contributed by atoms with Crippen LogP contribution in [0.15, 0.2) is 41.3 Å². The highest BCUT2D eigenvalue weighted by Gasteiger charge is 2.18. The maximum absolute atomic E-state index is 13.3. The second-order valence-electron chi connectivity index (χ2n) is 3.83. The molecule has 0 saturated heterocycles. The lowest BCUT2D eigenvalue weighted by Gasteiger charge is -2.09. The number of halogens is 4. The van der Waals surface area contributed by atoms with Gasteiger partial charge in [0.15, 0.2) is 0 Å². The van der Waals surface area contributed by atoms with Crippen LogP contribution in [-0.2, 0) is 10.0 Å². The normalized spacial score (nSPS) is 11.4. The summed E-state index contributed by atoms with van der Waals surface area (Å²) in [6.07, 6.45) is 0. The topological polar surface area (TPSA) is 46.2 Å². The lowest BCUT2D eigenvalue weighted by atomic mass is 10.3. The summed E-state index contributed by atoms with van der Waals surface area (Å²) in [6.45, 7) is 0. The first-order valence-corrected chi connectivity index (χ1v) is 6.70. The second kappa shape index (κ2) is 5.12. The van der Waals surface area contributed by atoms with E-state index in [1.54, 1.807) is 4.72 Å². The van der Waals surface area contributed by atoms with E-state index in [1.165, 1.54) is 0 Å². The van der Waals surface area contributed by atoms with Gasteiger partial charge in [-0.2, -0.15) is 0 Å². The van der Waals surface area contributed by atoms with Crippen molar-refractivity contribution in [2.24, 2.45) is 0 Å². The van der Waals surface area contributed by atoms with Crippen molar-refractivity contribution in [3.63, 3.8) is 0 Å². The van der Waals surface area contributed by atoms with E-state index in [2.05, 4.69) is 0 Å². The molecular formula is C12H7F4NO2S. The summed E-state index contributed by atoms with van der Waals surface area (Å²) >= 11 is 0. The molecule has 3 nitrogen and oxygen atoms in total. The van der Waals surface area contributed by atoms with Crippen molar-refractivity contribution in [1.29, 1.82) is 0 Å². The average molecular weight is 305 g/mol. The monoisotopic (exact) mass is 305 g/mol. The third kappa shape index (κ3) is 3.08. The fourth-order valence-corrected chi connectivity index (χ4v) is 2.57. The van der Waals surface area contributed by atoms with Gasteiger partial charge in [0.1, 0.15) is 23.3 Å². The van der Waals surface area contributed by atoms with Crippen LogP contribution in [0.3, 0.4) is 0 Å². The van der Waals surface area contributed by atoms with Crippen LogP contribution in [-0.4, -0.2) is 8.42 Å². The van der Waals surface area contributed by atoms with Gasteiger partial charge in [0.05, 0.1) is 10.6 Å². The van der Waals surface area contributed by atoms with E-state index in [0.717, 1.165) is 12.1 Å². The molecular weight excluding hydrogens is 298 g/mol. The molecule has 2 aromatic rings. The van der Waals surface area contributed by atoms with Gasteiger partial charge in [0.25, 0.3) is 10.0 Å². The van der Waals surface area contributed by atoms with Crippen molar-refractivity contribution >= 4 is 15.7 Å². The van der Waals surface area contributed by atoms with Gasteiger partial charge in [-0.1, -0.05) is 0 Å². The first-order valence-electron chi connectivity index (χ1n) is 5.22. The van der Waals surface area contributed by atoms with Crippen molar-refractivity contribution in [3.8, 4) is 0 Å². The summed E-state index contributed by atoms with van der Waals surface area (Å²) in [5.74, 6) is -4.22. The second-order valence-corrected chi connectivity index (χ2v) is 5.52. The molecule has 106 valence electrons. The Morgan fingerprint density at radius 1 is 0.800 bits per heavy atom. The van der Waals surface area contributed by atoms with E-state index in [-0.39, 0.29) is 0 Å². The van der Waals surface area contributed by atoms with E-state index >= 15 is 0 Å². The lowest BCUT2D eigenvalue weighted by Crippen LogP contribution is -2.14. The predicted octanol–water partition coefficient (Wildman–Crippen LogP) is 3.04. The fraction of sp³-hybridized carbons (Fsp3) is 0. The molecule has 0 aliphatic carbocycles. The Kier molecular flexibility index (Phi) is 3.67. The summed E-state index contributed by atoms with van der Waals surface area (Å²) in [6, 6.07) is 3.83. The van der Waals surface area contributed by atoms with E-state index < -0.39 is 43.9 Å². The minimum atomic E-state index is -4.39. The van der Waals surface area contributed by atoms with E-state index in [0.29, 0.717) is 24.3 Å². The Morgan fingerprint density at radius 3 is 1.95 bits per heavy atom. The summed E-state index contributed by atoms with van der Waals surface area (Å²) in [4.78, 5) is -0.710. The van der Waals surface area contributed by atoms with Gasteiger partial charge in [-0.05, 0) is 24.3 Å². The van der Waals surface area contributed by atoms with Gasteiger partial charge in [-0.3, -0.25) is 4.72 Å². The van der Waals surface area contributed by atoms with E-state index in [4.69, 9.17) is 0 Å². The molecule has 0 radical (unpaired) electrons. The third-order valence-electron chi connectivity index (χ3n) is 2.32. The van der Waals surface area contributed by atoms with Gasteiger partial charge < -0.3 is 0 Å². The zero-order valence-corrected chi connectivity index (χ0v) is 10.5. The van der Waals surface area contributed by atoms with Crippen LogP contribution < -0.4 is 4.72 Å². The highest BCUT2D eigenvalue weighted by atomic mass is 32.2. The van der Waals surface area contributed by atoms with Crippen LogP contribution in [0.25, 0.3) is 0 Å². The van der Waals surface area contributed by atoms with Crippen LogP contribution in [0.4, 0.5) is 23.2 Å². The molecule has 0 fully saturated rings. The number of sulfonamides is 1. The molecule has 20 heavy (non-hydrogen) atoms. The number of hydrogen-bond donors (Lipinski definition) is 1. The molecule has 0 spiro atoms. The third-order valence-corrected chi connectivity index (χ3v) is 3.67. The standard InChI is InChI=1S/C12H7F4NO2S/c13-7-1-2-12(11(16)6-7)17-20(18,19)10-4-8(14)3-9(15)5-10/h1-6,17H. The molecule has 0 aromatic heterocycles. The first kappa shape index (κ1) is 14.3. The molecule has 0 atom stereocenters. The molecule has 0 aliphatic heterocycles. The average Bonchev–Trinajstić information content (AvgIpc) is 2.31. The minimum Gasteiger partial charge on any atom is -0.277 e. The smallest absolute Gasteiger partial charge is 0.262 e. The molecule has 2 aromatic carbocycles. The number of nitrogens with one attached hydrogen (secondary N) is 1. The predicted molar refractivity (Wildman–Crippen MR) is 63.5 cm³/mol. The number of benzene rings is 2.